The highest BCUT2D eigenvalue weighted by Crippen LogP contribution is 2.26. The van der Waals surface area contributed by atoms with Crippen LogP contribution in [-0.4, -0.2) is 40.2 Å². The van der Waals surface area contributed by atoms with E-state index in [1.807, 2.05) is 41.1 Å². The minimum Gasteiger partial charge on any atom is -0.307 e. The molecule has 0 saturated carbocycles. The predicted octanol–water partition coefficient (Wildman–Crippen LogP) is 5.15. The van der Waals surface area contributed by atoms with Crippen LogP contribution in [0, 0.1) is 5.92 Å². The van der Waals surface area contributed by atoms with Crippen LogP contribution < -0.4 is 5.32 Å². The Morgan fingerprint density at radius 1 is 1.21 bits per heavy atom. The maximum Gasteiger partial charge on any atom is 0.256 e. The molecule has 0 spiro atoms. The lowest BCUT2D eigenvalue weighted by atomic mass is 10.0. The molecule has 1 atom stereocenters. The third-order valence-electron chi connectivity index (χ3n) is 5.63. The molecule has 1 aromatic heterocycles. The summed E-state index contributed by atoms with van der Waals surface area (Å²) in [6, 6.07) is 11.6. The van der Waals surface area contributed by atoms with Crippen molar-refractivity contribution >= 4 is 11.7 Å². The van der Waals surface area contributed by atoms with Crippen LogP contribution in [0.2, 0.25) is 0 Å². The van der Waals surface area contributed by atoms with Crippen molar-refractivity contribution in [2.75, 3.05) is 25.0 Å². The molecular formula is C24H34N4O. The van der Waals surface area contributed by atoms with Crippen LogP contribution >= 0.6 is 0 Å². The van der Waals surface area contributed by atoms with E-state index in [4.69, 9.17) is 0 Å². The molecule has 5 heteroatoms. The average Bonchev–Trinajstić information content (AvgIpc) is 3.17. The lowest BCUT2D eigenvalue weighted by molar-refractivity contribution is 0.102. The van der Waals surface area contributed by atoms with E-state index < -0.39 is 0 Å². The van der Waals surface area contributed by atoms with E-state index in [2.05, 4.69) is 42.2 Å². The Hall–Kier alpha value is -2.40. The SMILES string of the molecule is CC(C)=CCC[C@@H](C)CN1CCC(n2nccc2NC(=O)c2ccccc2)CC1. The molecule has 2 aromatic rings. The van der Waals surface area contributed by atoms with E-state index in [0.717, 1.165) is 31.7 Å². The summed E-state index contributed by atoms with van der Waals surface area (Å²) >= 11 is 0. The number of amides is 1. The van der Waals surface area contributed by atoms with Crippen LogP contribution in [0.1, 0.15) is 62.9 Å². The third-order valence-corrected chi connectivity index (χ3v) is 5.63. The van der Waals surface area contributed by atoms with Crippen LogP contribution in [-0.2, 0) is 0 Å². The number of rotatable bonds is 8. The number of anilines is 1. The van der Waals surface area contributed by atoms with Gasteiger partial charge in [0.1, 0.15) is 5.82 Å². The Labute approximate surface area is 174 Å². The molecule has 1 aromatic carbocycles. The fraction of sp³-hybridized carbons (Fsp3) is 0.500. The van der Waals surface area contributed by atoms with E-state index in [0.29, 0.717) is 17.5 Å². The van der Waals surface area contributed by atoms with Crippen LogP contribution in [0.5, 0.6) is 0 Å². The first-order valence-electron chi connectivity index (χ1n) is 10.8. The minimum atomic E-state index is -0.0880. The molecule has 0 unspecified atom stereocenters. The fourth-order valence-electron chi connectivity index (χ4n) is 4.02. The number of nitrogens with zero attached hydrogens (tertiary/aromatic N) is 3. The number of nitrogens with one attached hydrogen (secondary N) is 1. The zero-order valence-electron chi connectivity index (χ0n) is 18.0. The van der Waals surface area contributed by atoms with Gasteiger partial charge in [-0.3, -0.25) is 4.79 Å². The Morgan fingerprint density at radius 2 is 1.93 bits per heavy atom. The van der Waals surface area contributed by atoms with Gasteiger partial charge in [0, 0.05) is 31.3 Å². The van der Waals surface area contributed by atoms with Crippen LogP contribution in [0.15, 0.2) is 54.2 Å². The Bertz CT molecular complexity index is 799. The standard InChI is InChI=1S/C24H34N4O/c1-19(2)8-7-9-20(3)18-27-16-13-22(14-17-27)28-23(12-15-25-28)26-24(29)21-10-5-4-6-11-21/h4-6,8,10-12,15,20,22H,7,9,13-14,16-18H2,1-3H3,(H,26,29)/t20-/m1/s1. The van der Waals surface area contributed by atoms with Crippen molar-refractivity contribution in [2.24, 2.45) is 5.92 Å². The number of carbonyl (C=O) groups excluding carboxylic acids is 1. The first kappa shape index (κ1) is 21.3. The molecule has 3 rings (SSSR count). The quantitative estimate of drug-likeness (QED) is 0.630. The maximum absolute atomic E-state index is 12.5. The van der Waals surface area contributed by atoms with E-state index in [9.17, 15) is 4.79 Å². The summed E-state index contributed by atoms with van der Waals surface area (Å²) in [5.41, 5.74) is 2.07. The summed E-state index contributed by atoms with van der Waals surface area (Å²) in [6.07, 6.45) is 8.68. The van der Waals surface area contributed by atoms with Crippen molar-refractivity contribution < 1.29 is 4.79 Å². The van der Waals surface area contributed by atoms with Crippen LogP contribution in [0.3, 0.4) is 0 Å². The molecule has 156 valence electrons. The lowest BCUT2D eigenvalue weighted by Gasteiger charge is -2.34. The Morgan fingerprint density at radius 3 is 2.62 bits per heavy atom. The van der Waals surface area contributed by atoms with E-state index in [1.165, 1.54) is 25.0 Å². The molecule has 5 nitrogen and oxygen atoms in total. The molecule has 29 heavy (non-hydrogen) atoms. The molecular weight excluding hydrogens is 360 g/mol. The third kappa shape index (κ3) is 6.29. The molecule has 0 aliphatic carbocycles. The van der Waals surface area contributed by atoms with Gasteiger partial charge in [-0.05, 0) is 57.6 Å². The highest BCUT2D eigenvalue weighted by atomic mass is 16.1. The van der Waals surface area contributed by atoms with E-state index in [-0.39, 0.29) is 5.91 Å². The fourth-order valence-corrected chi connectivity index (χ4v) is 4.02. The molecule has 0 radical (unpaired) electrons. The number of hydrogen-bond acceptors (Lipinski definition) is 3. The Balaban J connectivity index is 1.50. The topological polar surface area (TPSA) is 50.2 Å². The van der Waals surface area contributed by atoms with Gasteiger partial charge < -0.3 is 10.2 Å². The maximum atomic E-state index is 12.5. The van der Waals surface area contributed by atoms with Gasteiger partial charge in [0.05, 0.1) is 12.2 Å². The normalized spacial score (nSPS) is 16.4. The first-order valence-corrected chi connectivity index (χ1v) is 10.8. The van der Waals surface area contributed by atoms with Gasteiger partial charge in [-0.25, -0.2) is 4.68 Å². The van der Waals surface area contributed by atoms with Crippen molar-refractivity contribution in [2.45, 2.75) is 52.5 Å². The summed E-state index contributed by atoms with van der Waals surface area (Å²) < 4.78 is 2.00. The summed E-state index contributed by atoms with van der Waals surface area (Å²) in [4.78, 5) is 15.1. The van der Waals surface area contributed by atoms with Gasteiger partial charge in [0.25, 0.3) is 5.91 Å². The summed E-state index contributed by atoms with van der Waals surface area (Å²) in [7, 11) is 0. The second kappa shape index (κ2) is 10.4. The van der Waals surface area contributed by atoms with E-state index >= 15 is 0 Å². The summed E-state index contributed by atoms with van der Waals surface area (Å²) in [5.74, 6) is 1.41. The number of likely N-dealkylation sites (tertiary alicyclic amines) is 1. The molecule has 1 aliphatic heterocycles. The summed E-state index contributed by atoms with van der Waals surface area (Å²) in [5, 5.41) is 7.53. The smallest absolute Gasteiger partial charge is 0.256 e. The van der Waals surface area contributed by atoms with Crippen molar-refractivity contribution in [3.63, 3.8) is 0 Å². The zero-order chi connectivity index (χ0) is 20.6. The van der Waals surface area contributed by atoms with Crippen LogP contribution in [0.25, 0.3) is 0 Å². The van der Waals surface area contributed by atoms with Crippen molar-refractivity contribution in [3.8, 4) is 0 Å². The largest absolute Gasteiger partial charge is 0.307 e. The van der Waals surface area contributed by atoms with Crippen molar-refractivity contribution in [1.29, 1.82) is 0 Å². The summed E-state index contributed by atoms with van der Waals surface area (Å²) in [6.45, 7) is 10.0. The number of aromatic nitrogens is 2. The minimum absolute atomic E-state index is 0.0880. The van der Waals surface area contributed by atoms with Gasteiger partial charge >= 0.3 is 0 Å². The molecule has 0 bridgehead atoms. The molecule has 1 N–H and O–H groups in total. The number of piperidine rings is 1. The molecule has 1 saturated heterocycles. The highest BCUT2D eigenvalue weighted by Gasteiger charge is 2.24. The van der Waals surface area contributed by atoms with Crippen molar-refractivity contribution in [1.82, 2.24) is 14.7 Å². The first-order chi connectivity index (χ1) is 14.0. The monoisotopic (exact) mass is 394 g/mol. The molecule has 1 aliphatic rings. The van der Waals surface area contributed by atoms with Gasteiger partial charge in [0.2, 0.25) is 0 Å². The average molecular weight is 395 g/mol. The molecule has 2 heterocycles. The van der Waals surface area contributed by atoms with Crippen LogP contribution in [0.4, 0.5) is 5.82 Å². The Kier molecular flexibility index (Phi) is 7.64. The number of hydrogen-bond donors (Lipinski definition) is 1. The number of allylic oxidation sites excluding steroid dienone is 2. The zero-order valence-corrected chi connectivity index (χ0v) is 18.0. The predicted molar refractivity (Wildman–Crippen MR) is 119 cm³/mol. The molecule has 1 fully saturated rings. The van der Waals surface area contributed by atoms with Gasteiger partial charge in [-0.15, -0.1) is 0 Å². The second-order valence-electron chi connectivity index (χ2n) is 8.48. The number of benzene rings is 1. The van der Waals surface area contributed by atoms with Gasteiger partial charge in [0.15, 0.2) is 0 Å². The van der Waals surface area contributed by atoms with Gasteiger partial charge in [-0.2, -0.15) is 5.10 Å². The van der Waals surface area contributed by atoms with Gasteiger partial charge in [-0.1, -0.05) is 36.8 Å². The van der Waals surface area contributed by atoms with E-state index in [1.54, 1.807) is 6.20 Å². The molecule has 1 amide bonds. The number of carbonyl (C=O) groups is 1. The second-order valence-corrected chi connectivity index (χ2v) is 8.48. The highest BCUT2D eigenvalue weighted by molar-refractivity contribution is 6.03. The lowest BCUT2D eigenvalue weighted by Crippen LogP contribution is -2.37. The van der Waals surface area contributed by atoms with Crippen molar-refractivity contribution in [3.05, 3.63) is 59.8 Å².